The monoisotopic (exact) mass is 245 g/mol. The number of piperidine rings is 1. The molecule has 1 saturated carbocycles. The zero-order valence-corrected chi connectivity index (χ0v) is 9.96. The van der Waals surface area contributed by atoms with Crippen LogP contribution in [-0.4, -0.2) is 25.3 Å². The summed E-state index contributed by atoms with van der Waals surface area (Å²) in [5.74, 6) is -0.251. The van der Waals surface area contributed by atoms with Crippen molar-refractivity contribution < 1.29 is 14.3 Å². The fourth-order valence-electron chi connectivity index (χ4n) is 2.98. The molecule has 0 bridgehead atoms. The third-order valence-corrected chi connectivity index (χ3v) is 4.10. The van der Waals surface area contributed by atoms with Crippen LogP contribution in [0.3, 0.4) is 0 Å². The zero-order valence-electron chi connectivity index (χ0n) is 9.96. The van der Waals surface area contributed by atoms with Crippen LogP contribution in [0.15, 0.2) is 30.3 Å². The van der Waals surface area contributed by atoms with Gasteiger partial charge < -0.3 is 14.8 Å². The molecule has 1 aliphatic heterocycles. The molecule has 3 atom stereocenters. The number of nitrogens with one attached hydrogen (secondary N) is 1. The molecule has 1 saturated heterocycles. The third-order valence-electron chi connectivity index (χ3n) is 4.10. The zero-order chi connectivity index (χ0) is 12.6. The van der Waals surface area contributed by atoms with Crippen molar-refractivity contribution in [2.24, 2.45) is 17.3 Å². The summed E-state index contributed by atoms with van der Waals surface area (Å²) in [5.41, 5.74) is 0.393. The first-order chi connectivity index (χ1) is 8.79. The second-order valence-corrected chi connectivity index (χ2v) is 5.00. The number of ether oxygens (including phenoxy) is 1. The molecule has 4 nitrogen and oxygen atoms in total. The van der Waals surface area contributed by atoms with Crippen molar-refractivity contribution in [1.29, 1.82) is 0 Å². The van der Waals surface area contributed by atoms with Crippen LogP contribution in [0.5, 0.6) is 0 Å². The summed E-state index contributed by atoms with van der Waals surface area (Å²) in [6.45, 7) is 1.58. The predicted molar refractivity (Wildman–Crippen MR) is 64.6 cm³/mol. The van der Waals surface area contributed by atoms with E-state index in [1.54, 1.807) is 0 Å². The molecule has 18 heavy (non-hydrogen) atoms. The molecule has 0 spiro atoms. The first kappa shape index (κ1) is 11.4. The highest BCUT2D eigenvalue weighted by molar-refractivity contribution is 5.88. The third kappa shape index (κ3) is 1.56. The molecule has 0 radical (unpaired) electrons. The van der Waals surface area contributed by atoms with Crippen LogP contribution in [0.2, 0.25) is 0 Å². The molecular weight excluding hydrogens is 230 g/mol. The second kappa shape index (κ2) is 4.21. The van der Waals surface area contributed by atoms with Crippen LogP contribution in [0.25, 0.3) is 0 Å². The number of benzene rings is 1. The summed E-state index contributed by atoms with van der Waals surface area (Å²) in [5, 5.41) is 3.15. The number of esters is 1. The molecule has 2 fully saturated rings. The molecule has 2 aliphatic rings. The van der Waals surface area contributed by atoms with E-state index >= 15 is 0 Å². The highest BCUT2D eigenvalue weighted by atomic mass is 16.5. The fourth-order valence-corrected chi connectivity index (χ4v) is 2.98. The topological polar surface area (TPSA) is 55.4 Å². The van der Waals surface area contributed by atoms with Crippen molar-refractivity contribution in [2.75, 3.05) is 13.1 Å². The van der Waals surface area contributed by atoms with Crippen molar-refractivity contribution >= 4 is 12.3 Å². The van der Waals surface area contributed by atoms with Gasteiger partial charge in [0.1, 0.15) is 12.9 Å². The first-order valence-corrected chi connectivity index (χ1v) is 6.16. The van der Waals surface area contributed by atoms with Gasteiger partial charge in [-0.25, -0.2) is 0 Å². The van der Waals surface area contributed by atoms with E-state index in [1.807, 2.05) is 30.3 Å². The predicted octanol–water partition coefficient (Wildman–Crippen LogP) is 0.764. The van der Waals surface area contributed by atoms with Crippen LogP contribution in [0.4, 0.5) is 0 Å². The summed E-state index contributed by atoms with van der Waals surface area (Å²) >= 11 is 0. The standard InChI is InChI=1S/C14H15NO3/c16-7-12-11-6-15-9-14(11,12)13(17)18-8-10-4-2-1-3-5-10/h1-5,7,11-12,15H,6,8-9H2. The number of hydrogen-bond acceptors (Lipinski definition) is 4. The van der Waals surface area contributed by atoms with Gasteiger partial charge in [0.2, 0.25) is 0 Å². The van der Waals surface area contributed by atoms with Gasteiger partial charge in [-0.1, -0.05) is 30.3 Å². The Bertz CT molecular complexity index is 473. The molecule has 1 aromatic carbocycles. The van der Waals surface area contributed by atoms with Gasteiger partial charge in [-0.3, -0.25) is 4.79 Å². The van der Waals surface area contributed by atoms with Gasteiger partial charge in [-0.15, -0.1) is 0 Å². The van der Waals surface area contributed by atoms with Crippen LogP contribution >= 0.6 is 0 Å². The maximum absolute atomic E-state index is 12.1. The van der Waals surface area contributed by atoms with Gasteiger partial charge >= 0.3 is 5.97 Å². The summed E-state index contributed by atoms with van der Waals surface area (Å²) < 4.78 is 5.35. The van der Waals surface area contributed by atoms with Gasteiger partial charge in [0.15, 0.2) is 0 Å². The van der Waals surface area contributed by atoms with E-state index in [1.165, 1.54) is 0 Å². The molecule has 1 aliphatic carbocycles. The first-order valence-electron chi connectivity index (χ1n) is 6.16. The van der Waals surface area contributed by atoms with Gasteiger partial charge in [-0.05, 0) is 18.0 Å². The lowest BCUT2D eigenvalue weighted by Crippen LogP contribution is -2.29. The van der Waals surface area contributed by atoms with Gasteiger partial charge in [-0.2, -0.15) is 0 Å². The van der Waals surface area contributed by atoms with Crippen LogP contribution in [0.1, 0.15) is 5.56 Å². The normalized spacial score (nSPS) is 32.7. The summed E-state index contributed by atoms with van der Waals surface area (Å²) in [6, 6.07) is 9.57. The van der Waals surface area contributed by atoms with E-state index < -0.39 is 5.41 Å². The second-order valence-electron chi connectivity index (χ2n) is 5.00. The Balaban J connectivity index is 1.64. The van der Waals surface area contributed by atoms with Crippen molar-refractivity contribution in [3.8, 4) is 0 Å². The average Bonchev–Trinajstić information content (AvgIpc) is 2.83. The maximum Gasteiger partial charge on any atom is 0.314 e. The number of rotatable bonds is 4. The van der Waals surface area contributed by atoms with E-state index in [-0.39, 0.29) is 24.4 Å². The molecule has 0 amide bonds. The number of carbonyl (C=O) groups is 2. The molecule has 94 valence electrons. The number of fused-ring (bicyclic) bond motifs is 1. The molecule has 3 rings (SSSR count). The number of carbonyl (C=O) groups excluding carboxylic acids is 2. The van der Waals surface area contributed by atoms with E-state index in [4.69, 9.17) is 4.74 Å². The lowest BCUT2D eigenvalue weighted by atomic mass is 10.1. The molecule has 1 heterocycles. The Labute approximate surface area is 105 Å². The van der Waals surface area contributed by atoms with Crippen molar-refractivity contribution in [3.05, 3.63) is 35.9 Å². The quantitative estimate of drug-likeness (QED) is 0.628. The summed E-state index contributed by atoms with van der Waals surface area (Å²) in [7, 11) is 0. The Morgan fingerprint density at radius 3 is 2.89 bits per heavy atom. The van der Waals surface area contributed by atoms with E-state index in [0.29, 0.717) is 6.54 Å². The van der Waals surface area contributed by atoms with E-state index in [2.05, 4.69) is 5.32 Å². The van der Waals surface area contributed by atoms with E-state index in [9.17, 15) is 9.59 Å². The van der Waals surface area contributed by atoms with E-state index in [0.717, 1.165) is 18.4 Å². The van der Waals surface area contributed by atoms with Crippen molar-refractivity contribution in [3.63, 3.8) is 0 Å². The largest absolute Gasteiger partial charge is 0.460 e. The lowest BCUT2D eigenvalue weighted by molar-refractivity contribution is -0.152. The number of aldehydes is 1. The minimum Gasteiger partial charge on any atom is -0.460 e. The number of hydrogen-bond donors (Lipinski definition) is 1. The fraction of sp³-hybridized carbons (Fsp3) is 0.429. The van der Waals surface area contributed by atoms with Gasteiger partial charge in [0.25, 0.3) is 0 Å². The minimum absolute atomic E-state index is 0.137. The smallest absolute Gasteiger partial charge is 0.314 e. The maximum atomic E-state index is 12.1. The van der Waals surface area contributed by atoms with Gasteiger partial charge in [0.05, 0.1) is 5.41 Å². The molecule has 4 heteroatoms. The Morgan fingerprint density at radius 2 is 2.22 bits per heavy atom. The van der Waals surface area contributed by atoms with Gasteiger partial charge in [0, 0.05) is 12.5 Å². The molecule has 1 aromatic rings. The Morgan fingerprint density at radius 1 is 1.44 bits per heavy atom. The SMILES string of the molecule is O=CC1C2CNCC12C(=O)OCc1ccccc1. The van der Waals surface area contributed by atoms with Crippen LogP contribution < -0.4 is 5.32 Å². The lowest BCUT2D eigenvalue weighted by Gasteiger charge is -2.12. The van der Waals surface area contributed by atoms with Crippen LogP contribution in [-0.2, 0) is 20.9 Å². The molecular formula is C14H15NO3. The highest BCUT2D eigenvalue weighted by Crippen LogP contribution is 2.60. The minimum atomic E-state index is -0.573. The average molecular weight is 245 g/mol. The van der Waals surface area contributed by atoms with Crippen molar-refractivity contribution in [2.45, 2.75) is 6.61 Å². The van der Waals surface area contributed by atoms with Crippen molar-refractivity contribution in [1.82, 2.24) is 5.32 Å². The summed E-state index contributed by atoms with van der Waals surface area (Å²) in [6.07, 6.45) is 0.898. The van der Waals surface area contributed by atoms with Crippen LogP contribution in [0, 0.1) is 17.3 Å². The summed E-state index contributed by atoms with van der Waals surface area (Å²) in [4.78, 5) is 23.1. The Hall–Kier alpha value is -1.68. The molecule has 0 aromatic heterocycles. The molecule has 3 unspecified atom stereocenters. The molecule has 1 N–H and O–H groups in total. The Kier molecular flexibility index (Phi) is 2.67. The highest BCUT2D eigenvalue weighted by Gasteiger charge is 2.72.